The Morgan fingerprint density at radius 2 is 1.63 bits per heavy atom. The van der Waals surface area contributed by atoms with E-state index in [1.807, 2.05) is 6.07 Å². The average molecular weight is 383 g/mol. The molecule has 0 bridgehead atoms. The normalized spacial score (nSPS) is 12.0. The molecule has 0 radical (unpaired) electrons. The molecule has 0 aliphatic heterocycles. The molecule has 0 spiro atoms. The van der Waals surface area contributed by atoms with Gasteiger partial charge in [-0.1, -0.05) is 39.0 Å². The van der Waals surface area contributed by atoms with Crippen molar-refractivity contribution in [3.8, 4) is 0 Å². The summed E-state index contributed by atoms with van der Waals surface area (Å²) in [7, 11) is -3.95. The number of fused-ring (bicyclic) bond motifs is 1. The highest BCUT2D eigenvalue weighted by Crippen LogP contribution is 2.27. The van der Waals surface area contributed by atoms with Gasteiger partial charge in [0.05, 0.1) is 10.4 Å². The van der Waals surface area contributed by atoms with Crippen LogP contribution >= 0.6 is 0 Å². The van der Waals surface area contributed by atoms with E-state index in [4.69, 9.17) is 0 Å². The Balaban J connectivity index is 1.78. The average Bonchev–Trinajstić information content (AvgIpc) is 2.61. The van der Waals surface area contributed by atoms with Crippen LogP contribution in [0.15, 0.2) is 59.6 Å². The Labute approximate surface area is 157 Å². The minimum atomic E-state index is -3.95. The molecule has 0 aliphatic rings. The third kappa shape index (κ3) is 4.40. The highest BCUT2D eigenvalue weighted by atomic mass is 32.2. The first-order chi connectivity index (χ1) is 12.6. The molecule has 140 valence electrons. The monoisotopic (exact) mass is 383 g/mol. The summed E-state index contributed by atoms with van der Waals surface area (Å²) in [4.78, 5) is 20.4. The first-order valence-corrected chi connectivity index (χ1v) is 9.70. The van der Waals surface area contributed by atoms with Gasteiger partial charge in [0, 0.05) is 17.3 Å². The largest absolute Gasteiger partial charge is 0.433 e. The van der Waals surface area contributed by atoms with E-state index in [0.717, 1.165) is 0 Å². The molecule has 0 fully saturated rings. The molecule has 0 saturated heterocycles. The second-order valence-electron chi connectivity index (χ2n) is 7.01. The molecule has 3 aromatic rings. The van der Waals surface area contributed by atoms with Crippen LogP contribution in [0.25, 0.3) is 15.8 Å². The minimum Gasteiger partial charge on any atom is -0.433 e. The van der Waals surface area contributed by atoms with Crippen LogP contribution in [0.1, 0.15) is 20.8 Å². The van der Waals surface area contributed by atoms with Crippen LogP contribution in [0.4, 0.5) is 11.5 Å². The maximum atomic E-state index is 12.5. The molecule has 8 heteroatoms. The molecule has 0 saturated carbocycles. The number of rotatable bonds is 4. The van der Waals surface area contributed by atoms with Crippen molar-refractivity contribution in [1.29, 1.82) is 0 Å². The molecule has 0 atom stereocenters. The van der Waals surface area contributed by atoms with Gasteiger partial charge >= 0.3 is 0 Å². The van der Waals surface area contributed by atoms with E-state index in [2.05, 4.69) is 20.0 Å². The van der Waals surface area contributed by atoms with Gasteiger partial charge in [-0.15, -0.1) is 0 Å². The summed E-state index contributed by atoms with van der Waals surface area (Å²) in [6.07, 6.45) is 1.32. The van der Waals surface area contributed by atoms with Gasteiger partial charge in [0.1, 0.15) is 0 Å². The van der Waals surface area contributed by atoms with Crippen LogP contribution in [0, 0.1) is 5.41 Å². The molecule has 1 aromatic heterocycles. The number of amides is 1. The number of nitrogens with zero attached hydrogens (tertiary/aromatic N) is 3. The molecule has 1 N–H and O–H groups in total. The third-order valence-corrected chi connectivity index (χ3v) is 5.04. The fourth-order valence-corrected chi connectivity index (χ4v) is 3.12. The van der Waals surface area contributed by atoms with Gasteiger partial charge in [-0.05, 0) is 41.7 Å². The summed E-state index contributed by atoms with van der Waals surface area (Å²) < 4.78 is 28.8. The number of sulfonamides is 1. The summed E-state index contributed by atoms with van der Waals surface area (Å²) in [5.74, 6) is -0.145. The number of hydrogen-bond acceptors (Lipinski definition) is 5. The van der Waals surface area contributed by atoms with Crippen molar-refractivity contribution in [2.45, 2.75) is 25.7 Å². The fourth-order valence-electron chi connectivity index (χ4n) is 2.20. The van der Waals surface area contributed by atoms with Crippen molar-refractivity contribution in [3.63, 3.8) is 0 Å². The lowest BCUT2D eigenvalue weighted by Gasteiger charge is -2.18. The van der Waals surface area contributed by atoms with Gasteiger partial charge in [-0.3, -0.25) is 9.78 Å². The first kappa shape index (κ1) is 18.8. The summed E-state index contributed by atoms with van der Waals surface area (Å²) >= 11 is 0. The Morgan fingerprint density at radius 1 is 1.00 bits per heavy atom. The van der Waals surface area contributed by atoms with Crippen molar-refractivity contribution in [2.24, 2.45) is 5.41 Å². The smallest absolute Gasteiger partial charge is 0.229 e. The lowest BCUT2D eigenvalue weighted by Crippen LogP contribution is -2.27. The summed E-state index contributed by atoms with van der Waals surface area (Å²) in [5.41, 5.74) is 1.19. The van der Waals surface area contributed by atoms with Crippen LogP contribution in [0.2, 0.25) is 0 Å². The van der Waals surface area contributed by atoms with E-state index in [1.54, 1.807) is 39.0 Å². The number of hydrogen-bond donors (Lipinski definition) is 1. The van der Waals surface area contributed by atoms with Crippen LogP contribution < -0.4 is 5.32 Å². The highest BCUT2D eigenvalue weighted by molar-refractivity contribution is 7.94. The van der Waals surface area contributed by atoms with Gasteiger partial charge in [0.2, 0.25) is 15.9 Å². The molecule has 27 heavy (non-hydrogen) atoms. The molecule has 7 nitrogen and oxygen atoms in total. The van der Waals surface area contributed by atoms with Gasteiger partial charge in [0.15, 0.2) is 0 Å². The Morgan fingerprint density at radius 3 is 2.26 bits per heavy atom. The minimum absolute atomic E-state index is 0.00576. The number of para-hydroxylation sites is 2. The Bertz CT molecular complexity index is 1090. The maximum Gasteiger partial charge on any atom is 0.229 e. The van der Waals surface area contributed by atoms with Crippen molar-refractivity contribution < 1.29 is 13.2 Å². The predicted molar refractivity (Wildman–Crippen MR) is 104 cm³/mol. The number of benzene rings is 2. The molecule has 1 amide bonds. The van der Waals surface area contributed by atoms with Gasteiger partial charge in [-0.2, -0.15) is 0 Å². The first-order valence-electron chi connectivity index (χ1n) is 8.26. The predicted octanol–water partition coefficient (Wildman–Crippen LogP) is 4.01. The topological polar surface area (TPSA) is 103 Å². The van der Waals surface area contributed by atoms with E-state index in [1.165, 1.54) is 30.5 Å². The third-order valence-electron chi connectivity index (χ3n) is 3.74. The van der Waals surface area contributed by atoms with E-state index >= 15 is 0 Å². The highest BCUT2D eigenvalue weighted by Gasteiger charge is 2.21. The molecular formula is C19H19N4O3S-. The standard InChI is InChI=1S/C19H20N4O3S/c1-19(2,3)18(24)21-13-8-10-14(11-9-13)27(25,26)23-17-12-20-15-6-4-5-7-16(15)22-17/h4-12H,1-3H3,(H2,21,22,23,24)/p-1. The molecular weight excluding hydrogens is 364 g/mol. The summed E-state index contributed by atoms with van der Waals surface area (Å²) in [5, 5.41) is 2.74. The number of carbonyl (C=O) groups excluding carboxylic acids is 1. The Hall–Kier alpha value is -3.00. The molecule has 1 heterocycles. The lowest BCUT2D eigenvalue weighted by atomic mass is 9.95. The van der Waals surface area contributed by atoms with Crippen molar-refractivity contribution >= 4 is 38.5 Å². The number of nitrogens with one attached hydrogen (secondary N) is 1. The van der Waals surface area contributed by atoms with Gasteiger partial charge < -0.3 is 15.0 Å². The summed E-state index contributed by atoms with van der Waals surface area (Å²) in [6.45, 7) is 5.39. The fraction of sp³-hybridized carbons (Fsp3) is 0.211. The van der Waals surface area contributed by atoms with Gasteiger partial charge in [0.25, 0.3) is 0 Å². The molecule has 3 rings (SSSR count). The van der Waals surface area contributed by atoms with Crippen LogP contribution in [-0.2, 0) is 14.8 Å². The maximum absolute atomic E-state index is 12.5. The zero-order valence-electron chi connectivity index (χ0n) is 15.2. The second-order valence-corrected chi connectivity index (χ2v) is 8.62. The van der Waals surface area contributed by atoms with Crippen molar-refractivity contribution in [1.82, 2.24) is 9.97 Å². The number of aromatic nitrogens is 2. The molecule has 0 aliphatic carbocycles. The van der Waals surface area contributed by atoms with E-state index in [0.29, 0.717) is 16.7 Å². The van der Waals surface area contributed by atoms with Crippen LogP contribution in [0.5, 0.6) is 0 Å². The Kier molecular flexibility index (Phi) is 4.84. The van der Waals surface area contributed by atoms with E-state index in [-0.39, 0.29) is 16.6 Å². The summed E-state index contributed by atoms with van der Waals surface area (Å²) in [6, 6.07) is 13.0. The number of carbonyl (C=O) groups is 1. The van der Waals surface area contributed by atoms with E-state index < -0.39 is 15.4 Å². The second kappa shape index (κ2) is 6.96. The molecule has 0 unspecified atom stereocenters. The zero-order valence-corrected chi connectivity index (χ0v) is 16.0. The quantitative estimate of drug-likeness (QED) is 0.733. The van der Waals surface area contributed by atoms with Crippen molar-refractivity contribution in [2.75, 3.05) is 5.32 Å². The van der Waals surface area contributed by atoms with Crippen LogP contribution in [0.3, 0.4) is 0 Å². The zero-order chi connectivity index (χ0) is 19.7. The molecule has 2 aromatic carbocycles. The van der Waals surface area contributed by atoms with Gasteiger partial charge in [-0.25, -0.2) is 8.42 Å². The lowest BCUT2D eigenvalue weighted by molar-refractivity contribution is -0.123. The SMILES string of the molecule is CC(C)(C)C(=O)Nc1ccc(S(=O)(=O)[N-]c2cnc3ccccc3n2)cc1. The van der Waals surface area contributed by atoms with Crippen LogP contribution in [-0.4, -0.2) is 24.3 Å². The van der Waals surface area contributed by atoms with E-state index in [9.17, 15) is 13.2 Å². The van der Waals surface area contributed by atoms with Crippen molar-refractivity contribution in [3.05, 3.63) is 59.4 Å². The number of anilines is 1.